The fourth-order valence-electron chi connectivity index (χ4n) is 1.69. The smallest absolute Gasteiger partial charge is 0.220 e. The summed E-state index contributed by atoms with van der Waals surface area (Å²) < 4.78 is 0. The maximum absolute atomic E-state index is 11.4. The predicted octanol–water partition coefficient (Wildman–Crippen LogP) is 1.44. The van der Waals surface area contributed by atoms with Crippen molar-refractivity contribution in [3.8, 4) is 0 Å². The molecule has 0 aliphatic heterocycles. The molecule has 1 heterocycles. The number of anilines is 2. The van der Waals surface area contributed by atoms with Crippen LogP contribution >= 0.6 is 0 Å². The Morgan fingerprint density at radius 1 is 1.56 bits per heavy atom. The molecule has 0 saturated heterocycles. The van der Waals surface area contributed by atoms with E-state index in [9.17, 15) is 4.79 Å². The number of aryl methyl sites for hydroxylation is 1. The first-order valence-electron chi connectivity index (χ1n) is 6.41. The summed E-state index contributed by atoms with van der Waals surface area (Å²) >= 11 is 0. The van der Waals surface area contributed by atoms with Crippen molar-refractivity contribution in [1.82, 2.24) is 10.3 Å². The topological polar surface area (TPSA) is 80.0 Å². The fraction of sp³-hybridized carbons (Fsp3) is 0.538. The van der Waals surface area contributed by atoms with E-state index in [0.717, 1.165) is 24.8 Å². The minimum Gasteiger partial charge on any atom is -0.396 e. The molecule has 1 aliphatic carbocycles. The van der Waals surface area contributed by atoms with E-state index in [0.29, 0.717) is 30.5 Å². The van der Waals surface area contributed by atoms with Gasteiger partial charge in [-0.1, -0.05) is 0 Å². The lowest BCUT2D eigenvalue weighted by Gasteiger charge is -2.09. The van der Waals surface area contributed by atoms with Gasteiger partial charge in [-0.2, -0.15) is 0 Å². The first-order valence-corrected chi connectivity index (χ1v) is 6.41. The summed E-state index contributed by atoms with van der Waals surface area (Å²) in [5.74, 6) is 0.849. The molecule has 4 N–H and O–H groups in total. The summed E-state index contributed by atoms with van der Waals surface area (Å²) in [7, 11) is 0. The van der Waals surface area contributed by atoms with E-state index in [1.807, 2.05) is 13.0 Å². The minimum atomic E-state index is 0.143. The van der Waals surface area contributed by atoms with Gasteiger partial charge in [0.15, 0.2) is 0 Å². The van der Waals surface area contributed by atoms with Crippen molar-refractivity contribution in [2.24, 2.45) is 0 Å². The maximum atomic E-state index is 11.4. The van der Waals surface area contributed by atoms with Gasteiger partial charge in [-0.15, -0.1) is 0 Å². The Hall–Kier alpha value is -1.78. The summed E-state index contributed by atoms with van der Waals surface area (Å²) in [5, 5.41) is 6.13. The summed E-state index contributed by atoms with van der Waals surface area (Å²) in [5.41, 5.74) is 7.59. The van der Waals surface area contributed by atoms with E-state index < -0.39 is 0 Å². The molecule has 5 heteroatoms. The van der Waals surface area contributed by atoms with Crippen LogP contribution in [0.3, 0.4) is 0 Å². The van der Waals surface area contributed by atoms with Crippen LogP contribution < -0.4 is 16.4 Å². The number of rotatable bonds is 6. The van der Waals surface area contributed by atoms with Gasteiger partial charge in [0.25, 0.3) is 0 Å². The van der Waals surface area contributed by atoms with Crippen LogP contribution in [0.4, 0.5) is 11.5 Å². The molecular weight excluding hydrogens is 228 g/mol. The first kappa shape index (κ1) is 12.7. The lowest BCUT2D eigenvalue weighted by atomic mass is 10.2. The van der Waals surface area contributed by atoms with E-state index in [1.54, 1.807) is 6.20 Å². The van der Waals surface area contributed by atoms with Crippen LogP contribution in [0.15, 0.2) is 12.3 Å². The Morgan fingerprint density at radius 3 is 3.06 bits per heavy atom. The van der Waals surface area contributed by atoms with Crippen molar-refractivity contribution >= 4 is 17.4 Å². The highest BCUT2D eigenvalue weighted by Gasteiger charge is 2.22. The average Bonchev–Trinajstić information content (AvgIpc) is 3.13. The molecule has 1 saturated carbocycles. The van der Waals surface area contributed by atoms with Crippen LogP contribution in [0.25, 0.3) is 0 Å². The number of nitrogens with two attached hydrogens (primary N) is 1. The highest BCUT2D eigenvalue weighted by molar-refractivity contribution is 5.76. The SMILES string of the molecule is Cc1ccnc(NCCCC(=O)NC2CC2)c1N. The zero-order valence-electron chi connectivity index (χ0n) is 10.7. The molecule has 5 nitrogen and oxygen atoms in total. The van der Waals surface area contributed by atoms with Gasteiger partial charge in [0.1, 0.15) is 5.82 Å². The van der Waals surface area contributed by atoms with Crippen molar-refractivity contribution < 1.29 is 4.79 Å². The molecule has 2 rings (SSSR count). The molecule has 1 fully saturated rings. The Morgan fingerprint density at radius 2 is 2.33 bits per heavy atom. The third-order valence-corrected chi connectivity index (χ3v) is 3.02. The molecule has 98 valence electrons. The predicted molar refractivity (Wildman–Crippen MR) is 72.3 cm³/mol. The minimum absolute atomic E-state index is 0.143. The number of pyridine rings is 1. The third-order valence-electron chi connectivity index (χ3n) is 3.02. The summed E-state index contributed by atoms with van der Waals surface area (Å²) in [6, 6.07) is 2.32. The first-order chi connectivity index (χ1) is 8.66. The second-order valence-electron chi connectivity index (χ2n) is 4.76. The van der Waals surface area contributed by atoms with Gasteiger partial charge in [0, 0.05) is 25.2 Å². The molecule has 0 bridgehead atoms. The lowest BCUT2D eigenvalue weighted by molar-refractivity contribution is -0.121. The van der Waals surface area contributed by atoms with Crippen LogP contribution in [0.1, 0.15) is 31.2 Å². The Bertz CT molecular complexity index is 429. The fourth-order valence-corrected chi connectivity index (χ4v) is 1.69. The molecule has 0 spiro atoms. The quantitative estimate of drug-likeness (QED) is 0.666. The normalized spacial score (nSPS) is 14.3. The van der Waals surface area contributed by atoms with E-state index in [-0.39, 0.29) is 5.91 Å². The van der Waals surface area contributed by atoms with Gasteiger partial charge in [0.05, 0.1) is 5.69 Å². The zero-order chi connectivity index (χ0) is 13.0. The largest absolute Gasteiger partial charge is 0.396 e. The van der Waals surface area contributed by atoms with Crippen LogP contribution in [-0.4, -0.2) is 23.5 Å². The standard InChI is InChI=1S/C13H20N4O/c1-9-6-8-16-13(12(9)14)15-7-2-3-11(18)17-10-4-5-10/h6,8,10H,2-5,7,14H2,1H3,(H,15,16)(H,17,18). The molecule has 1 amide bonds. The van der Waals surface area contributed by atoms with Crippen LogP contribution in [0.2, 0.25) is 0 Å². The molecule has 1 aliphatic rings. The van der Waals surface area contributed by atoms with Crippen LogP contribution in [0, 0.1) is 6.92 Å². The van der Waals surface area contributed by atoms with E-state index in [2.05, 4.69) is 15.6 Å². The van der Waals surface area contributed by atoms with Crippen LogP contribution in [-0.2, 0) is 4.79 Å². The average molecular weight is 248 g/mol. The number of carbonyl (C=O) groups excluding carboxylic acids is 1. The number of nitrogens with one attached hydrogen (secondary N) is 2. The van der Waals surface area contributed by atoms with Crippen molar-refractivity contribution in [2.75, 3.05) is 17.6 Å². The molecule has 1 aromatic heterocycles. The Labute approximate surface area is 107 Å². The summed E-state index contributed by atoms with van der Waals surface area (Å²) in [6.07, 6.45) is 5.33. The van der Waals surface area contributed by atoms with Crippen molar-refractivity contribution in [1.29, 1.82) is 0 Å². The van der Waals surface area contributed by atoms with Gasteiger partial charge in [-0.3, -0.25) is 4.79 Å². The maximum Gasteiger partial charge on any atom is 0.220 e. The zero-order valence-corrected chi connectivity index (χ0v) is 10.7. The highest BCUT2D eigenvalue weighted by atomic mass is 16.1. The molecule has 0 unspecified atom stereocenters. The molecule has 1 aromatic rings. The van der Waals surface area contributed by atoms with E-state index in [1.165, 1.54) is 0 Å². The molecule has 0 radical (unpaired) electrons. The monoisotopic (exact) mass is 248 g/mol. The number of aromatic nitrogens is 1. The van der Waals surface area contributed by atoms with Crippen molar-refractivity contribution in [2.45, 2.75) is 38.6 Å². The number of hydrogen-bond donors (Lipinski definition) is 3. The number of nitrogen functional groups attached to an aromatic ring is 1. The van der Waals surface area contributed by atoms with Crippen molar-refractivity contribution in [3.05, 3.63) is 17.8 Å². The molecular formula is C13H20N4O. The van der Waals surface area contributed by atoms with Gasteiger partial charge < -0.3 is 16.4 Å². The number of carbonyl (C=O) groups is 1. The molecule has 0 aromatic carbocycles. The molecule has 0 atom stereocenters. The summed E-state index contributed by atoms with van der Waals surface area (Å²) in [4.78, 5) is 15.6. The van der Waals surface area contributed by atoms with Gasteiger partial charge in [0.2, 0.25) is 5.91 Å². The second-order valence-corrected chi connectivity index (χ2v) is 4.76. The summed E-state index contributed by atoms with van der Waals surface area (Å²) in [6.45, 7) is 2.66. The van der Waals surface area contributed by atoms with Gasteiger partial charge >= 0.3 is 0 Å². The number of nitrogens with zero attached hydrogens (tertiary/aromatic N) is 1. The van der Waals surface area contributed by atoms with Crippen molar-refractivity contribution in [3.63, 3.8) is 0 Å². The number of hydrogen-bond acceptors (Lipinski definition) is 4. The van der Waals surface area contributed by atoms with Gasteiger partial charge in [-0.05, 0) is 37.8 Å². The van der Waals surface area contributed by atoms with E-state index in [4.69, 9.17) is 5.73 Å². The molecule has 18 heavy (non-hydrogen) atoms. The van der Waals surface area contributed by atoms with E-state index >= 15 is 0 Å². The lowest BCUT2D eigenvalue weighted by Crippen LogP contribution is -2.25. The van der Waals surface area contributed by atoms with Gasteiger partial charge in [-0.25, -0.2) is 4.98 Å². The van der Waals surface area contributed by atoms with Crippen LogP contribution in [0.5, 0.6) is 0 Å². The highest BCUT2D eigenvalue weighted by Crippen LogP contribution is 2.19. The Kier molecular flexibility index (Phi) is 4.02. The third kappa shape index (κ3) is 3.61. The Balaban J connectivity index is 1.68. The second kappa shape index (κ2) is 5.71. The number of amides is 1.